The summed E-state index contributed by atoms with van der Waals surface area (Å²) in [5.41, 5.74) is 3.25. The van der Waals surface area contributed by atoms with Crippen molar-refractivity contribution < 1.29 is 0 Å². The van der Waals surface area contributed by atoms with E-state index in [9.17, 15) is 0 Å². The Morgan fingerprint density at radius 2 is 2.21 bits per heavy atom. The molecule has 1 N–H and O–H groups in total. The number of rotatable bonds is 4. The lowest BCUT2D eigenvalue weighted by Gasteiger charge is -2.28. The number of hydrogen-bond acceptors (Lipinski definition) is 2. The molecule has 1 aromatic carbocycles. The number of hydrogen-bond donors (Lipinski definition) is 1. The van der Waals surface area contributed by atoms with Crippen molar-refractivity contribution in [2.24, 2.45) is 5.41 Å². The minimum atomic E-state index is 0.290. The van der Waals surface area contributed by atoms with Crippen LogP contribution in [0.4, 0.5) is 0 Å². The van der Waals surface area contributed by atoms with Gasteiger partial charge in [0, 0.05) is 31.5 Å². The maximum Gasteiger partial charge on any atom is 0.0946 e. The fourth-order valence-electron chi connectivity index (χ4n) is 3.13. The zero-order valence-corrected chi connectivity index (χ0v) is 11.6. The highest BCUT2D eigenvalue weighted by Gasteiger charge is 2.37. The summed E-state index contributed by atoms with van der Waals surface area (Å²) >= 11 is 0. The van der Waals surface area contributed by atoms with Gasteiger partial charge < -0.3 is 9.88 Å². The van der Waals surface area contributed by atoms with Gasteiger partial charge in [-0.15, -0.1) is 0 Å². The average molecular weight is 255 g/mol. The third-order valence-electron chi connectivity index (χ3n) is 4.07. The molecule has 100 valence electrons. The molecule has 3 rings (SSSR count). The predicted molar refractivity (Wildman–Crippen MR) is 76.9 cm³/mol. The molecule has 1 atom stereocenters. The molecule has 0 saturated carbocycles. The van der Waals surface area contributed by atoms with E-state index in [-0.39, 0.29) is 0 Å². The molecule has 1 unspecified atom stereocenters. The van der Waals surface area contributed by atoms with Crippen LogP contribution in [0, 0.1) is 5.41 Å². The molecule has 0 bridgehead atoms. The summed E-state index contributed by atoms with van der Waals surface area (Å²) in [4.78, 5) is 4.07. The van der Waals surface area contributed by atoms with Gasteiger partial charge >= 0.3 is 0 Å². The zero-order valence-electron chi connectivity index (χ0n) is 11.6. The second kappa shape index (κ2) is 4.82. The highest BCUT2D eigenvalue weighted by atomic mass is 15.1. The fourth-order valence-corrected chi connectivity index (χ4v) is 3.13. The van der Waals surface area contributed by atoms with Gasteiger partial charge in [0.1, 0.15) is 0 Å². The van der Waals surface area contributed by atoms with Crippen molar-refractivity contribution >= 4 is 0 Å². The van der Waals surface area contributed by atoms with Gasteiger partial charge in [0.05, 0.1) is 6.33 Å². The number of fused-ring (bicyclic) bond motifs is 1. The number of nitrogens with one attached hydrogen (secondary N) is 1. The normalized spacial score (nSPS) is 20.4. The summed E-state index contributed by atoms with van der Waals surface area (Å²) in [6.45, 7) is 6.64. The maximum atomic E-state index is 4.07. The molecule has 19 heavy (non-hydrogen) atoms. The lowest BCUT2D eigenvalue weighted by atomic mass is 9.85. The van der Waals surface area contributed by atoms with E-state index in [4.69, 9.17) is 0 Å². The summed E-state index contributed by atoms with van der Waals surface area (Å²) in [6.07, 6.45) is 6.87. The van der Waals surface area contributed by atoms with Crippen LogP contribution in [0.2, 0.25) is 0 Å². The van der Waals surface area contributed by atoms with Gasteiger partial charge in [-0.25, -0.2) is 4.98 Å². The second-order valence-electron chi connectivity index (χ2n) is 6.05. The molecule has 3 heteroatoms. The Hall–Kier alpha value is -1.61. The Balaban J connectivity index is 1.69. The van der Waals surface area contributed by atoms with Crippen molar-refractivity contribution in [3.63, 3.8) is 0 Å². The van der Waals surface area contributed by atoms with Crippen LogP contribution in [-0.4, -0.2) is 16.1 Å². The van der Waals surface area contributed by atoms with Crippen molar-refractivity contribution in [1.29, 1.82) is 0 Å². The molecular formula is C16H21N3. The maximum absolute atomic E-state index is 4.07. The molecule has 2 aromatic rings. The van der Waals surface area contributed by atoms with Crippen LogP contribution in [0.1, 0.15) is 31.0 Å². The summed E-state index contributed by atoms with van der Waals surface area (Å²) in [6, 6.07) is 9.26. The second-order valence-corrected chi connectivity index (χ2v) is 6.05. The minimum Gasteiger partial charge on any atom is -0.336 e. The molecule has 0 fully saturated rings. The summed E-state index contributed by atoms with van der Waals surface area (Å²) < 4.78 is 2.11. The number of nitrogens with zero attached hydrogens (tertiary/aromatic N) is 2. The molecule has 0 amide bonds. The monoisotopic (exact) mass is 255 g/mol. The smallest absolute Gasteiger partial charge is 0.0946 e. The molecule has 0 saturated heterocycles. The standard InChI is InChI=1S/C16H21N3/c1-16(2)11-13-5-3-4-6-14(13)15(16)18-8-10-19-9-7-17-12-19/h3-7,9,12,15,18H,8,10-11H2,1-2H3. The Bertz CT molecular complexity index is 543. The van der Waals surface area contributed by atoms with Crippen LogP contribution in [0.3, 0.4) is 0 Å². The van der Waals surface area contributed by atoms with E-state index in [1.807, 2.05) is 18.7 Å². The van der Waals surface area contributed by atoms with Crippen LogP contribution in [-0.2, 0) is 13.0 Å². The Labute approximate surface area is 114 Å². The third-order valence-corrected chi connectivity index (χ3v) is 4.07. The first-order valence-corrected chi connectivity index (χ1v) is 6.94. The molecule has 0 aliphatic heterocycles. The van der Waals surface area contributed by atoms with Crippen LogP contribution in [0.15, 0.2) is 43.0 Å². The van der Waals surface area contributed by atoms with Crippen LogP contribution >= 0.6 is 0 Å². The van der Waals surface area contributed by atoms with Gasteiger partial charge in [0.2, 0.25) is 0 Å². The van der Waals surface area contributed by atoms with Crippen molar-refractivity contribution in [3.05, 3.63) is 54.1 Å². The van der Waals surface area contributed by atoms with Crippen LogP contribution in [0.5, 0.6) is 0 Å². The minimum absolute atomic E-state index is 0.290. The molecular weight excluding hydrogens is 234 g/mol. The lowest BCUT2D eigenvalue weighted by molar-refractivity contribution is 0.267. The molecule has 0 radical (unpaired) electrons. The van der Waals surface area contributed by atoms with E-state index in [0.29, 0.717) is 11.5 Å². The van der Waals surface area contributed by atoms with Crippen molar-refractivity contribution in [2.75, 3.05) is 6.54 Å². The van der Waals surface area contributed by atoms with Gasteiger partial charge in [0.15, 0.2) is 0 Å². The molecule has 1 aliphatic rings. The Morgan fingerprint density at radius 1 is 1.37 bits per heavy atom. The van der Waals surface area contributed by atoms with E-state index >= 15 is 0 Å². The van der Waals surface area contributed by atoms with Gasteiger partial charge in [-0.1, -0.05) is 38.1 Å². The summed E-state index contributed by atoms with van der Waals surface area (Å²) in [7, 11) is 0. The highest BCUT2D eigenvalue weighted by molar-refractivity contribution is 5.37. The Morgan fingerprint density at radius 3 is 3.00 bits per heavy atom. The highest BCUT2D eigenvalue weighted by Crippen LogP contribution is 2.44. The van der Waals surface area contributed by atoms with E-state index in [0.717, 1.165) is 19.5 Å². The zero-order chi connectivity index (χ0) is 13.3. The predicted octanol–water partition coefficient (Wildman–Crippen LogP) is 2.80. The first kappa shape index (κ1) is 12.4. The molecule has 1 heterocycles. The van der Waals surface area contributed by atoms with Gasteiger partial charge in [0.25, 0.3) is 0 Å². The molecule has 0 spiro atoms. The molecule has 1 aliphatic carbocycles. The number of benzene rings is 1. The van der Waals surface area contributed by atoms with Crippen molar-refractivity contribution in [2.45, 2.75) is 32.9 Å². The summed E-state index contributed by atoms with van der Waals surface area (Å²) in [5, 5.41) is 3.72. The van der Waals surface area contributed by atoms with Gasteiger partial charge in [-0.05, 0) is 23.0 Å². The topological polar surface area (TPSA) is 29.9 Å². The molecule has 1 aromatic heterocycles. The summed E-state index contributed by atoms with van der Waals surface area (Å²) in [5.74, 6) is 0. The van der Waals surface area contributed by atoms with E-state index in [1.54, 1.807) is 0 Å². The largest absolute Gasteiger partial charge is 0.336 e. The van der Waals surface area contributed by atoms with E-state index in [2.05, 4.69) is 53.0 Å². The third kappa shape index (κ3) is 2.43. The lowest BCUT2D eigenvalue weighted by Crippen LogP contribution is -2.33. The first-order chi connectivity index (χ1) is 9.17. The SMILES string of the molecule is CC1(C)Cc2ccccc2C1NCCn1ccnc1. The van der Waals surface area contributed by atoms with Gasteiger partial charge in [-0.2, -0.15) is 0 Å². The van der Waals surface area contributed by atoms with Crippen molar-refractivity contribution in [3.8, 4) is 0 Å². The van der Waals surface area contributed by atoms with Crippen molar-refractivity contribution in [1.82, 2.24) is 14.9 Å². The number of imidazole rings is 1. The Kier molecular flexibility index (Phi) is 3.15. The van der Waals surface area contributed by atoms with E-state index < -0.39 is 0 Å². The van der Waals surface area contributed by atoms with Crippen LogP contribution in [0.25, 0.3) is 0 Å². The fraction of sp³-hybridized carbons (Fsp3) is 0.438. The first-order valence-electron chi connectivity index (χ1n) is 6.94. The van der Waals surface area contributed by atoms with Gasteiger partial charge in [-0.3, -0.25) is 0 Å². The van der Waals surface area contributed by atoms with Crippen LogP contribution < -0.4 is 5.32 Å². The van der Waals surface area contributed by atoms with E-state index in [1.165, 1.54) is 11.1 Å². The quantitative estimate of drug-likeness (QED) is 0.910. The molecule has 3 nitrogen and oxygen atoms in total. The number of aromatic nitrogens is 2. The average Bonchev–Trinajstić information content (AvgIpc) is 2.96.